The standard InChI is InChI=1S/C22H21N3O3/c1-25-22(28)18-8-3-2-7-17(18)19(24-25)13-21(27)23-16-6-4-5-15(12-16)20(26)11-14-9-10-14/h2-8,12,14H,9-11,13H2,1H3,(H,23,27). The smallest absolute Gasteiger partial charge is 0.274 e. The van der Waals surface area contributed by atoms with Gasteiger partial charge in [-0.2, -0.15) is 5.10 Å². The van der Waals surface area contributed by atoms with E-state index in [0.29, 0.717) is 40.1 Å². The summed E-state index contributed by atoms with van der Waals surface area (Å²) in [5.41, 5.74) is 1.55. The van der Waals surface area contributed by atoms with Gasteiger partial charge in [0.2, 0.25) is 5.91 Å². The molecule has 6 heteroatoms. The van der Waals surface area contributed by atoms with Gasteiger partial charge in [0.1, 0.15) is 0 Å². The highest BCUT2D eigenvalue weighted by molar-refractivity contribution is 5.99. The van der Waals surface area contributed by atoms with Crippen LogP contribution in [-0.2, 0) is 18.3 Å². The van der Waals surface area contributed by atoms with Gasteiger partial charge in [-0.1, -0.05) is 30.3 Å². The maximum atomic E-state index is 12.6. The number of aryl methyl sites for hydroxylation is 1. The van der Waals surface area contributed by atoms with Crippen molar-refractivity contribution in [3.63, 3.8) is 0 Å². The fourth-order valence-corrected chi connectivity index (χ4v) is 3.34. The molecule has 1 heterocycles. The molecule has 6 nitrogen and oxygen atoms in total. The highest BCUT2D eigenvalue weighted by Gasteiger charge is 2.25. The van der Waals surface area contributed by atoms with E-state index in [-0.39, 0.29) is 23.7 Å². The third-order valence-electron chi connectivity index (χ3n) is 5.00. The fourth-order valence-electron chi connectivity index (χ4n) is 3.34. The summed E-state index contributed by atoms with van der Waals surface area (Å²) in [5, 5.41) is 8.30. The molecule has 1 amide bonds. The molecular formula is C22H21N3O3. The zero-order chi connectivity index (χ0) is 19.7. The summed E-state index contributed by atoms with van der Waals surface area (Å²) in [6.45, 7) is 0. The molecule has 3 aromatic rings. The Bertz CT molecular complexity index is 1130. The van der Waals surface area contributed by atoms with E-state index >= 15 is 0 Å². The number of hydrogen-bond donors (Lipinski definition) is 1. The second-order valence-corrected chi connectivity index (χ2v) is 7.30. The second kappa shape index (κ2) is 7.38. The summed E-state index contributed by atoms with van der Waals surface area (Å²) in [7, 11) is 1.57. The van der Waals surface area contributed by atoms with Crippen LogP contribution in [0.15, 0.2) is 53.3 Å². The monoisotopic (exact) mass is 375 g/mol. The number of carbonyl (C=O) groups is 2. The van der Waals surface area contributed by atoms with E-state index in [1.54, 1.807) is 49.5 Å². The first kappa shape index (κ1) is 18.1. The van der Waals surface area contributed by atoms with E-state index in [9.17, 15) is 14.4 Å². The number of aromatic nitrogens is 2. The highest BCUT2D eigenvalue weighted by atomic mass is 16.2. The Balaban J connectivity index is 1.52. The molecule has 0 atom stereocenters. The molecule has 1 N–H and O–H groups in total. The van der Waals surface area contributed by atoms with Gasteiger partial charge in [-0.05, 0) is 37.0 Å². The molecular weight excluding hydrogens is 354 g/mol. The number of hydrogen-bond acceptors (Lipinski definition) is 4. The molecule has 28 heavy (non-hydrogen) atoms. The van der Waals surface area contributed by atoms with Crippen molar-refractivity contribution in [2.45, 2.75) is 25.7 Å². The van der Waals surface area contributed by atoms with Crippen molar-refractivity contribution in [3.8, 4) is 0 Å². The molecule has 0 spiro atoms. The van der Waals surface area contributed by atoms with Crippen molar-refractivity contribution in [3.05, 3.63) is 70.1 Å². The van der Waals surface area contributed by atoms with Crippen molar-refractivity contribution in [2.24, 2.45) is 13.0 Å². The molecule has 1 aliphatic carbocycles. The number of carbonyl (C=O) groups excluding carboxylic acids is 2. The van der Waals surface area contributed by atoms with Gasteiger partial charge in [0.25, 0.3) is 5.56 Å². The normalized spacial score (nSPS) is 13.5. The number of amides is 1. The Hall–Kier alpha value is -3.28. The van der Waals surface area contributed by atoms with E-state index < -0.39 is 0 Å². The minimum atomic E-state index is -0.247. The van der Waals surface area contributed by atoms with Crippen LogP contribution in [0.2, 0.25) is 0 Å². The highest BCUT2D eigenvalue weighted by Crippen LogP contribution is 2.33. The Kier molecular flexibility index (Phi) is 4.77. The number of ketones is 1. The van der Waals surface area contributed by atoms with Gasteiger partial charge in [-0.15, -0.1) is 0 Å². The number of rotatable bonds is 6. The zero-order valence-corrected chi connectivity index (χ0v) is 15.6. The first-order chi connectivity index (χ1) is 13.5. The lowest BCUT2D eigenvalue weighted by atomic mass is 10.1. The lowest BCUT2D eigenvalue weighted by Crippen LogP contribution is -2.24. The van der Waals surface area contributed by atoms with Gasteiger partial charge in [0.15, 0.2) is 5.78 Å². The van der Waals surface area contributed by atoms with Crippen LogP contribution in [0, 0.1) is 5.92 Å². The van der Waals surface area contributed by atoms with Crippen LogP contribution >= 0.6 is 0 Å². The van der Waals surface area contributed by atoms with E-state index in [1.807, 2.05) is 6.07 Å². The quantitative estimate of drug-likeness (QED) is 0.671. The molecule has 1 saturated carbocycles. The topological polar surface area (TPSA) is 81.1 Å². The first-order valence-corrected chi connectivity index (χ1v) is 9.39. The summed E-state index contributed by atoms with van der Waals surface area (Å²) in [6, 6.07) is 14.2. The average molecular weight is 375 g/mol. The van der Waals surface area contributed by atoms with Crippen LogP contribution in [0.1, 0.15) is 35.3 Å². The van der Waals surface area contributed by atoms with Gasteiger partial charge in [-0.3, -0.25) is 14.4 Å². The largest absolute Gasteiger partial charge is 0.326 e. The maximum absolute atomic E-state index is 12.6. The molecule has 0 bridgehead atoms. The molecule has 1 aliphatic rings. The Morgan fingerprint density at radius 2 is 1.86 bits per heavy atom. The lowest BCUT2D eigenvalue weighted by Gasteiger charge is -2.09. The predicted molar refractivity (Wildman–Crippen MR) is 107 cm³/mol. The molecule has 0 saturated heterocycles. The van der Waals surface area contributed by atoms with E-state index in [2.05, 4.69) is 10.4 Å². The van der Waals surface area contributed by atoms with Crippen molar-refractivity contribution in [1.29, 1.82) is 0 Å². The van der Waals surface area contributed by atoms with E-state index in [1.165, 1.54) is 4.68 Å². The minimum Gasteiger partial charge on any atom is -0.326 e. The third-order valence-corrected chi connectivity index (χ3v) is 5.00. The number of nitrogens with one attached hydrogen (secondary N) is 1. The predicted octanol–water partition coefficient (Wildman–Crippen LogP) is 3.10. The van der Waals surface area contributed by atoms with Crippen LogP contribution in [0.4, 0.5) is 5.69 Å². The molecule has 142 valence electrons. The minimum absolute atomic E-state index is 0.0366. The second-order valence-electron chi connectivity index (χ2n) is 7.30. The summed E-state index contributed by atoms with van der Waals surface area (Å²) < 4.78 is 1.25. The summed E-state index contributed by atoms with van der Waals surface area (Å²) in [4.78, 5) is 37.1. The molecule has 4 rings (SSSR count). The number of fused-ring (bicyclic) bond motifs is 1. The van der Waals surface area contributed by atoms with Gasteiger partial charge in [0, 0.05) is 30.1 Å². The van der Waals surface area contributed by atoms with Crippen LogP contribution in [0.5, 0.6) is 0 Å². The molecule has 0 aliphatic heterocycles. The summed E-state index contributed by atoms with van der Waals surface area (Å²) >= 11 is 0. The summed E-state index contributed by atoms with van der Waals surface area (Å²) in [5.74, 6) is 0.391. The van der Waals surface area contributed by atoms with E-state index in [0.717, 1.165) is 12.8 Å². The molecule has 0 radical (unpaired) electrons. The SMILES string of the molecule is Cn1nc(CC(=O)Nc2cccc(C(=O)CC3CC3)c2)c2ccccc2c1=O. The molecule has 1 aromatic heterocycles. The molecule has 2 aromatic carbocycles. The summed E-state index contributed by atoms with van der Waals surface area (Å²) in [6.07, 6.45) is 2.87. The van der Waals surface area contributed by atoms with Crippen LogP contribution in [0.25, 0.3) is 10.8 Å². The number of anilines is 1. The third kappa shape index (κ3) is 3.86. The lowest BCUT2D eigenvalue weighted by molar-refractivity contribution is -0.115. The van der Waals surface area contributed by atoms with Gasteiger partial charge < -0.3 is 5.32 Å². The van der Waals surface area contributed by atoms with Crippen molar-refractivity contribution in [1.82, 2.24) is 9.78 Å². The Morgan fingerprint density at radius 3 is 2.61 bits per heavy atom. The number of nitrogens with zero attached hydrogens (tertiary/aromatic N) is 2. The zero-order valence-electron chi connectivity index (χ0n) is 15.6. The van der Waals surface area contributed by atoms with Crippen molar-refractivity contribution < 1.29 is 9.59 Å². The average Bonchev–Trinajstić information content (AvgIpc) is 3.50. The first-order valence-electron chi connectivity index (χ1n) is 9.39. The number of benzene rings is 2. The van der Waals surface area contributed by atoms with Gasteiger partial charge in [-0.25, -0.2) is 4.68 Å². The van der Waals surface area contributed by atoms with Crippen molar-refractivity contribution in [2.75, 3.05) is 5.32 Å². The Morgan fingerprint density at radius 1 is 1.11 bits per heavy atom. The van der Waals surface area contributed by atoms with Gasteiger partial charge in [0.05, 0.1) is 17.5 Å². The van der Waals surface area contributed by atoms with Crippen LogP contribution < -0.4 is 10.9 Å². The maximum Gasteiger partial charge on any atom is 0.274 e. The van der Waals surface area contributed by atoms with Crippen LogP contribution in [0.3, 0.4) is 0 Å². The van der Waals surface area contributed by atoms with Crippen molar-refractivity contribution >= 4 is 28.2 Å². The van der Waals surface area contributed by atoms with Gasteiger partial charge >= 0.3 is 0 Å². The molecule has 1 fully saturated rings. The van der Waals surface area contributed by atoms with Crippen LogP contribution in [-0.4, -0.2) is 21.5 Å². The molecule has 0 unspecified atom stereocenters. The fraction of sp³-hybridized carbons (Fsp3) is 0.273. The Labute approximate surface area is 162 Å². The van der Waals surface area contributed by atoms with E-state index in [4.69, 9.17) is 0 Å². The number of Topliss-reactive ketones (excluding diaryl/α,β-unsaturated/α-hetero) is 1.